The van der Waals surface area contributed by atoms with Gasteiger partial charge in [0.05, 0.1) is 18.2 Å². The number of hydrogen-bond donors (Lipinski definition) is 2. The van der Waals surface area contributed by atoms with Crippen molar-refractivity contribution in [2.75, 3.05) is 25.5 Å². The highest BCUT2D eigenvalue weighted by molar-refractivity contribution is 7.99. The molecule has 0 saturated carbocycles. The Hall–Kier alpha value is -0.970. The van der Waals surface area contributed by atoms with Gasteiger partial charge in [-0.15, -0.1) is 11.8 Å². The third kappa shape index (κ3) is 3.01. The Labute approximate surface area is 99.4 Å². The molecular formula is C12H16N2OS. The Balaban J connectivity index is 1.85. The third-order valence-electron chi connectivity index (χ3n) is 2.25. The van der Waals surface area contributed by atoms with Crippen LogP contribution in [0.2, 0.25) is 0 Å². The van der Waals surface area contributed by atoms with Crippen LogP contribution >= 0.6 is 11.8 Å². The van der Waals surface area contributed by atoms with Crippen molar-refractivity contribution < 1.29 is 4.74 Å². The van der Waals surface area contributed by atoms with Crippen molar-refractivity contribution in [2.24, 2.45) is 5.73 Å². The quantitative estimate of drug-likeness (QED) is 0.597. The molecule has 0 bridgehead atoms. The number of fused-ring (bicyclic) bond motifs is 1. The fourth-order valence-electron chi connectivity index (χ4n) is 1.52. The van der Waals surface area contributed by atoms with Crippen LogP contribution in [0.3, 0.4) is 0 Å². The van der Waals surface area contributed by atoms with Gasteiger partial charge in [0.25, 0.3) is 0 Å². The number of rotatable bonds is 6. The fourth-order valence-corrected chi connectivity index (χ4v) is 2.33. The van der Waals surface area contributed by atoms with Gasteiger partial charge in [0.1, 0.15) is 0 Å². The summed E-state index contributed by atoms with van der Waals surface area (Å²) in [5.41, 5.74) is 6.52. The van der Waals surface area contributed by atoms with E-state index in [1.807, 2.05) is 6.07 Å². The summed E-state index contributed by atoms with van der Waals surface area (Å²) >= 11 is 1.78. The molecule has 0 aliphatic carbocycles. The number of aromatic nitrogens is 1. The molecule has 0 unspecified atom stereocenters. The first kappa shape index (κ1) is 11.5. The van der Waals surface area contributed by atoms with Crippen LogP contribution < -0.4 is 5.73 Å². The molecule has 0 spiro atoms. The maximum Gasteiger partial charge on any atom is 0.0733 e. The second-order valence-electron chi connectivity index (χ2n) is 3.47. The Kier molecular flexibility index (Phi) is 4.27. The molecule has 3 nitrogen and oxygen atoms in total. The van der Waals surface area contributed by atoms with E-state index in [4.69, 9.17) is 10.5 Å². The van der Waals surface area contributed by atoms with Gasteiger partial charge in [-0.05, 0) is 12.1 Å². The van der Waals surface area contributed by atoms with Crippen molar-refractivity contribution in [3.63, 3.8) is 0 Å². The Morgan fingerprint density at radius 3 is 2.94 bits per heavy atom. The number of para-hydroxylation sites is 1. The molecule has 1 heterocycles. The molecular weight excluding hydrogens is 220 g/mol. The summed E-state index contributed by atoms with van der Waals surface area (Å²) in [6.07, 6.45) is 0. The predicted molar refractivity (Wildman–Crippen MR) is 68.9 cm³/mol. The van der Waals surface area contributed by atoms with Crippen LogP contribution in [0.1, 0.15) is 0 Å². The van der Waals surface area contributed by atoms with Crippen LogP contribution in [-0.2, 0) is 4.74 Å². The summed E-state index contributed by atoms with van der Waals surface area (Å²) < 4.78 is 5.32. The van der Waals surface area contributed by atoms with E-state index in [0.29, 0.717) is 13.2 Å². The molecule has 0 fully saturated rings. The molecule has 0 aliphatic rings. The van der Waals surface area contributed by atoms with Gasteiger partial charge in [0.15, 0.2) is 0 Å². The summed E-state index contributed by atoms with van der Waals surface area (Å²) in [5.74, 6) is 0.951. The molecule has 2 rings (SSSR count). The molecule has 0 saturated heterocycles. The number of hydrogen-bond acceptors (Lipinski definition) is 3. The number of ether oxygens (including phenoxy) is 1. The lowest BCUT2D eigenvalue weighted by molar-refractivity contribution is 0.158. The van der Waals surface area contributed by atoms with E-state index in [2.05, 4.69) is 29.2 Å². The molecule has 1 aromatic carbocycles. The SMILES string of the molecule is NCCOCCSc1cc2ccccc2[nH]1. The summed E-state index contributed by atoms with van der Waals surface area (Å²) in [6, 6.07) is 10.5. The summed E-state index contributed by atoms with van der Waals surface area (Å²) in [6.45, 7) is 1.99. The van der Waals surface area contributed by atoms with Crippen molar-refractivity contribution in [3.8, 4) is 0 Å². The highest BCUT2D eigenvalue weighted by Crippen LogP contribution is 2.22. The first-order valence-corrected chi connectivity index (χ1v) is 6.37. The van der Waals surface area contributed by atoms with E-state index in [0.717, 1.165) is 12.4 Å². The molecule has 0 atom stereocenters. The third-order valence-corrected chi connectivity index (χ3v) is 3.15. The van der Waals surface area contributed by atoms with E-state index in [1.165, 1.54) is 15.9 Å². The van der Waals surface area contributed by atoms with Crippen LogP contribution in [-0.4, -0.2) is 30.5 Å². The Morgan fingerprint density at radius 1 is 1.25 bits per heavy atom. The van der Waals surface area contributed by atoms with Crippen molar-refractivity contribution in [1.29, 1.82) is 0 Å². The summed E-state index contributed by atoms with van der Waals surface area (Å²) in [4.78, 5) is 3.37. The molecule has 2 aromatic rings. The van der Waals surface area contributed by atoms with Gasteiger partial charge in [0, 0.05) is 23.2 Å². The highest BCUT2D eigenvalue weighted by atomic mass is 32.2. The van der Waals surface area contributed by atoms with E-state index in [9.17, 15) is 0 Å². The van der Waals surface area contributed by atoms with E-state index in [-0.39, 0.29) is 0 Å². The molecule has 0 amide bonds. The smallest absolute Gasteiger partial charge is 0.0733 e. The molecule has 86 valence electrons. The van der Waals surface area contributed by atoms with Gasteiger partial charge in [-0.2, -0.15) is 0 Å². The minimum absolute atomic E-state index is 0.594. The zero-order valence-electron chi connectivity index (χ0n) is 9.11. The lowest BCUT2D eigenvalue weighted by Gasteiger charge is -2.00. The topological polar surface area (TPSA) is 51.0 Å². The molecule has 0 aliphatic heterocycles. The monoisotopic (exact) mass is 236 g/mol. The zero-order chi connectivity index (χ0) is 11.2. The second kappa shape index (κ2) is 5.94. The van der Waals surface area contributed by atoms with Gasteiger partial charge in [-0.3, -0.25) is 0 Å². The number of nitrogens with one attached hydrogen (secondary N) is 1. The van der Waals surface area contributed by atoms with Gasteiger partial charge < -0.3 is 15.5 Å². The number of thioether (sulfide) groups is 1. The minimum atomic E-state index is 0.594. The van der Waals surface area contributed by atoms with Gasteiger partial charge in [-0.1, -0.05) is 18.2 Å². The molecule has 4 heteroatoms. The standard InChI is InChI=1S/C12H16N2OS/c13-5-6-15-7-8-16-12-9-10-3-1-2-4-11(10)14-12/h1-4,9,14H,5-8,13H2. The zero-order valence-corrected chi connectivity index (χ0v) is 9.93. The van der Waals surface area contributed by atoms with E-state index in [1.54, 1.807) is 11.8 Å². The fraction of sp³-hybridized carbons (Fsp3) is 0.333. The molecule has 3 N–H and O–H groups in total. The number of nitrogens with two attached hydrogens (primary N) is 1. The van der Waals surface area contributed by atoms with Gasteiger partial charge in [0.2, 0.25) is 0 Å². The van der Waals surface area contributed by atoms with Crippen LogP contribution in [0.15, 0.2) is 35.4 Å². The van der Waals surface area contributed by atoms with Crippen LogP contribution in [0.25, 0.3) is 10.9 Å². The number of aromatic amines is 1. The van der Waals surface area contributed by atoms with E-state index < -0.39 is 0 Å². The average Bonchev–Trinajstić information content (AvgIpc) is 2.71. The van der Waals surface area contributed by atoms with Crippen LogP contribution in [0, 0.1) is 0 Å². The maximum atomic E-state index is 5.33. The normalized spacial score (nSPS) is 11.1. The van der Waals surface area contributed by atoms with Crippen LogP contribution in [0.5, 0.6) is 0 Å². The van der Waals surface area contributed by atoms with Gasteiger partial charge in [-0.25, -0.2) is 0 Å². The first-order chi connectivity index (χ1) is 7.90. The highest BCUT2D eigenvalue weighted by Gasteiger charge is 1.99. The van der Waals surface area contributed by atoms with Crippen molar-refractivity contribution in [3.05, 3.63) is 30.3 Å². The average molecular weight is 236 g/mol. The second-order valence-corrected chi connectivity index (χ2v) is 4.61. The van der Waals surface area contributed by atoms with Crippen molar-refractivity contribution in [1.82, 2.24) is 4.98 Å². The lowest BCUT2D eigenvalue weighted by Crippen LogP contribution is -2.09. The van der Waals surface area contributed by atoms with Gasteiger partial charge >= 0.3 is 0 Å². The first-order valence-electron chi connectivity index (χ1n) is 5.38. The number of H-pyrrole nitrogens is 1. The Bertz CT molecular complexity index is 408. The maximum absolute atomic E-state index is 5.33. The lowest BCUT2D eigenvalue weighted by atomic mass is 10.3. The minimum Gasteiger partial charge on any atom is -0.379 e. The summed E-state index contributed by atoms with van der Waals surface area (Å²) in [5, 5.41) is 2.45. The predicted octanol–water partition coefficient (Wildman–Crippen LogP) is 2.24. The number of benzene rings is 1. The van der Waals surface area contributed by atoms with Crippen molar-refractivity contribution in [2.45, 2.75) is 5.03 Å². The van der Waals surface area contributed by atoms with Crippen LogP contribution in [0.4, 0.5) is 0 Å². The Morgan fingerprint density at radius 2 is 2.12 bits per heavy atom. The molecule has 16 heavy (non-hydrogen) atoms. The molecule has 1 aromatic heterocycles. The molecule has 0 radical (unpaired) electrons. The largest absolute Gasteiger partial charge is 0.379 e. The van der Waals surface area contributed by atoms with E-state index >= 15 is 0 Å². The van der Waals surface area contributed by atoms with Crippen molar-refractivity contribution >= 4 is 22.7 Å². The summed E-state index contributed by atoms with van der Waals surface area (Å²) in [7, 11) is 0.